The topological polar surface area (TPSA) is 95.9 Å². The van der Waals surface area contributed by atoms with Crippen LogP contribution in [0.2, 0.25) is 0 Å². The van der Waals surface area contributed by atoms with E-state index in [4.69, 9.17) is 15.9 Å². The zero-order valence-electron chi connectivity index (χ0n) is 5.77. The molecule has 60 valence electrons. The molecule has 0 amide bonds. The number of aliphatic hydroxyl groups excluding tert-OH is 2. The van der Waals surface area contributed by atoms with Gasteiger partial charge in [-0.25, -0.2) is 0 Å². The molecule has 5 nitrogen and oxygen atoms in total. The van der Waals surface area contributed by atoms with E-state index in [1.165, 1.54) is 6.92 Å². The first-order valence-corrected chi connectivity index (χ1v) is 3.00. The van der Waals surface area contributed by atoms with Crippen LogP contribution >= 0.6 is 0 Å². The molecule has 0 aromatic heterocycles. The minimum atomic E-state index is -1.07. The van der Waals surface area contributed by atoms with Gasteiger partial charge in [-0.15, -0.1) is 0 Å². The Morgan fingerprint density at radius 3 is 2.40 bits per heavy atom. The second-order valence-electron chi connectivity index (χ2n) is 2.21. The molecule has 0 aliphatic carbocycles. The predicted octanol–water partition coefficient (Wildman–Crippen LogP) is -1.18. The van der Waals surface area contributed by atoms with E-state index >= 15 is 0 Å². The summed E-state index contributed by atoms with van der Waals surface area (Å²) in [5.74, 6) is 0. The van der Waals surface area contributed by atoms with Gasteiger partial charge in [0.1, 0.15) is 0 Å². The molecule has 0 heterocycles. The average molecular weight is 148 g/mol. The summed E-state index contributed by atoms with van der Waals surface area (Å²) in [4.78, 5) is 9.62. The highest BCUT2D eigenvalue weighted by molar-refractivity contribution is 4.77. The molecule has 0 saturated heterocycles. The van der Waals surface area contributed by atoms with E-state index in [2.05, 4.69) is 5.18 Å². The average Bonchev–Trinajstić information content (AvgIpc) is 1.87. The Hall–Kier alpha value is -0.520. The van der Waals surface area contributed by atoms with Crippen molar-refractivity contribution in [2.24, 2.45) is 10.9 Å². The van der Waals surface area contributed by atoms with Gasteiger partial charge in [-0.05, 0) is 6.92 Å². The number of hydrogen-bond acceptors (Lipinski definition) is 5. The highest BCUT2D eigenvalue weighted by atomic mass is 16.3. The van der Waals surface area contributed by atoms with Gasteiger partial charge >= 0.3 is 0 Å². The van der Waals surface area contributed by atoms with Crippen LogP contribution in [0.4, 0.5) is 0 Å². The first-order chi connectivity index (χ1) is 4.59. The van der Waals surface area contributed by atoms with Crippen molar-refractivity contribution in [1.29, 1.82) is 0 Å². The first-order valence-electron chi connectivity index (χ1n) is 3.00. The van der Waals surface area contributed by atoms with Crippen LogP contribution in [-0.4, -0.2) is 35.0 Å². The fourth-order valence-corrected chi connectivity index (χ4v) is 0.552. The van der Waals surface area contributed by atoms with Gasteiger partial charge in [0.15, 0.2) is 0 Å². The third-order valence-electron chi connectivity index (χ3n) is 1.22. The van der Waals surface area contributed by atoms with Gasteiger partial charge in [-0.3, -0.25) is 0 Å². The molecule has 0 radical (unpaired) electrons. The summed E-state index contributed by atoms with van der Waals surface area (Å²) >= 11 is 0. The SMILES string of the molecule is CC(O)C(O)C(N)CN=O. The van der Waals surface area contributed by atoms with Crippen LogP contribution < -0.4 is 5.73 Å². The lowest BCUT2D eigenvalue weighted by Gasteiger charge is -2.17. The van der Waals surface area contributed by atoms with Crippen LogP contribution in [-0.2, 0) is 0 Å². The second-order valence-corrected chi connectivity index (χ2v) is 2.21. The van der Waals surface area contributed by atoms with E-state index in [-0.39, 0.29) is 6.54 Å². The van der Waals surface area contributed by atoms with Crippen molar-refractivity contribution < 1.29 is 10.2 Å². The molecule has 3 atom stereocenters. The Kier molecular flexibility index (Phi) is 4.10. The molecule has 0 aromatic rings. The highest BCUT2D eigenvalue weighted by Crippen LogP contribution is 1.96. The zero-order valence-corrected chi connectivity index (χ0v) is 5.77. The van der Waals surface area contributed by atoms with E-state index in [0.717, 1.165) is 0 Å². The Bertz CT molecular complexity index is 107. The van der Waals surface area contributed by atoms with Gasteiger partial charge in [0.2, 0.25) is 0 Å². The quantitative estimate of drug-likeness (QED) is 0.437. The Morgan fingerprint density at radius 2 is 2.10 bits per heavy atom. The molecule has 0 aliphatic heterocycles. The van der Waals surface area contributed by atoms with Crippen molar-refractivity contribution in [1.82, 2.24) is 0 Å². The summed E-state index contributed by atoms with van der Waals surface area (Å²) in [5.41, 5.74) is 5.22. The summed E-state index contributed by atoms with van der Waals surface area (Å²) in [6, 6.07) is -0.766. The molecule has 0 aliphatic rings. The monoisotopic (exact) mass is 148 g/mol. The van der Waals surface area contributed by atoms with Gasteiger partial charge in [0.05, 0.1) is 24.8 Å². The normalized spacial score (nSPS) is 19.6. The highest BCUT2D eigenvalue weighted by Gasteiger charge is 2.19. The minimum Gasteiger partial charge on any atom is -0.391 e. The largest absolute Gasteiger partial charge is 0.391 e. The van der Waals surface area contributed by atoms with Crippen LogP contribution in [0.5, 0.6) is 0 Å². The fraction of sp³-hybridized carbons (Fsp3) is 1.00. The van der Waals surface area contributed by atoms with E-state index < -0.39 is 18.2 Å². The molecular weight excluding hydrogens is 136 g/mol. The van der Waals surface area contributed by atoms with Gasteiger partial charge in [-0.1, -0.05) is 5.18 Å². The third kappa shape index (κ3) is 2.86. The summed E-state index contributed by atoms with van der Waals surface area (Å²) in [5, 5.41) is 20.2. The number of aliphatic hydroxyl groups is 2. The van der Waals surface area contributed by atoms with Crippen molar-refractivity contribution in [3.8, 4) is 0 Å². The van der Waals surface area contributed by atoms with E-state index in [1.807, 2.05) is 0 Å². The van der Waals surface area contributed by atoms with Crippen LogP contribution in [0.15, 0.2) is 5.18 Å². The maximum Gasteiger partial charge on any atom is 0.0988 e. The number of hydrogen-bond donors (Lipinski definition) is 3. The zero-order chi connectivity index (χ0) is 8.15. The number of rotatable bonds is 4. The lowest BCUT2D eigenvalue weighted by atomic mass is 10.1. The van der Waals surface area contributed by atoms with Crippen molar-refractivity contribution in [3.05, 3.63) is 4.91 Å². The molecule has 3 unspecified atom stereocenters. The summed E-state index contributed by atoms with van der Waals surface area (Å²) < 4.78 is 0. The van der Waals surface area contributed by atoms with Crippen LogP contribution in [0, 0.1) is 4.91 Å². The van der Waals surface area contributed by atoms with E-state index in [9.17, 15) is 4.91 Å². The molecule has 4 N–H and O–H groups in total. The second kappa shape index (κ2) is 4.32. The van der Waals surface area contributed by atoms with Crippen molar-refractivity contribution >= 4 is 0 Å². The third-order valence-corrected chi connectivity index (χ3v) is 1.22. The lowest BCUT2D eigenvalue weighted by Crippen LogP contribution is -2.43. The summed E-state index contributed by atoms with van der Waals surface area (Å²) in [7, 11) is 0. The molecule has 0 aromatic carbocycles. The van der Waals surface area contributed by atoms with Crippen molar-refractivity contribution in [2.75, 3.05) is 6.54 Å². The first kappa shape index (κ1) is 9.48. The van der Waals surface area contributed by atoms with Gasteiger partial charge in [0, 0.05) is 0 Å². The molecule has 0 spiro atoms. The fourth-order valence-electron chi connectivity index (χ4n) is 0.552. The Balaban J connectivity index is 3.68. The molecule has 5 heteroatoms. The molecular formula is C5H12N2O3. The standard InChI is InChI=1S/C5H12N2O3/c1-3(8)5(9)4(6)2-7-10/h3-5,8-9H,2,6H2,1H3. The van der Waals surface area contributed by atoms with Crippen LogP contribution in [0.25, 0.3) is 0 Å². The summed E-state index contributed by atoms with van der Waals surface area (Å²) in [6.45, 7) is 1.22. The van der Waals surface area contributed by atoms with Gasteiger partial charge < -0.3 is 15.9 Å². The van der Waals surface area contributed by atoms with E-state index in [1.54, 1.807) is 0 Å². The smallest absolute Gasteiger partial charge is 0.0988 e. The molecule has 0 saturated carbocycles. The maximum atomic E-state index is 9.62. The van der Waals surface area contributed by atoms with E-state index in [0.29, 0.717) is 0 Å². The Labute approximate surface area is 58.8 Å². The molecule has 0 fully saturated rings. The lowest BCUT2D eigenvalue weighted by molar-refractivity contribution is 0.0170. The van der Waals surface area contributed by atoms with Gasteiger partial charge in [0.25, 0.3) is 0 Å². The van der Waals surface area contributed by atoms with Gasteiger partial charge in [-0.2, -0.15) is 4.91 Å². The van der Waals surface area contributed by atoms with Crippen molar-refractivity contribution in [2.45, 2.75) is 25.2 Å². The number of nitroso groups, excluding NO2 is 1. The van der Waals surface area contributed by atoms with Crippen molar-refractivity contribution in [3.63, 3.8) is 0 Å². The minimum absolute atomic E-state index is 0.175. The Morgan fingerprint density at radius 1 is 1.60 bits per heavy atom. The summed E-state index contributed by atoms with van der Waals surface area (Å²) in [6.07, 6.45) is -1.99. The molecule has 10 heavy (non-hydrogen) atoms. The molecule has 0 bridgehead atoms. The maximum absolute atomic E-state index is 9.62. The van der Waals surface area contributed by atoms with Crippen LogP contribution in [0.1, 0.15) is 6.92 Å². The predicted molar refractivity (Wildman–Crippen MR) is 36.3 cm³/mol. The molecule has 0 rings (SSSR count). The number of nitrogens with zero attached hydrogens (tertiary/aromatic N) is 1. The number of nitrogens with two attached hydrogens (primary N) is 1. The van der Waals surface area contributed by atoms with Crippen LogP contribution in [0.3, 0.4) is 0 Å².